The summed E-state index contributed by atoms with van der Waals surface area (Å²) in [6, 6.07) is 32.4. The summed E-state index contributed by atoms with van der Waals surface area (Å²) < 4.78 is 32.0. The van der Waals surface area contributed by atoms with Gasteiger partial charge in [-0.15, -0.1) is 0 Å². The Balaban J connectivity index is 1.68. The standard InChI is InChI=1S/C30H21O5P/c1-33-30(31)27(19-20-9-3-2-4-10-20)36(32)34-25-17-15-21-11-5-7-13-23(21)28(25)29-24-14-8-6-12-22(24)16-18-26(29)35-36/h2-19H,1H3/b27-19+. The van der Waals surface area contributed by atoms with Gasteiger partial charge in [0.05, 0.1) is 7.11 Å². The summed E-state index contributed by atoms with van der Waals surface area (Å²) in [7, 11) is -3.00. The first kappa shape index (κ1) is 22.1. The monoisotopic (exact) mass is 492 g/mol. The minimum atomic E-state index is -4.24. The Morgan fingerprint density at radius 3 is 1.72 bits per heavy atom. The van der Waals surface area contributed by atoms with Gasteiger partial charge >= 0.3 is 13.6 Å². The van der Waals surface area contributed by atoms with Crippen LogP contribution in [0.2, 0.25) is 0 Å². The highest BCUT2D eigenvalue weighted by molar-refractivity contribution is 7.61. The molecule has 0 fully saturated rings. The van der Waals surface area contributed by atoms with Gasteiger partial charge in [0.25, 0.3) is 0 Å². The van der Waals surface area contributed by atoms with E-state index in [1.165, 1.54) is 13.2 Å². The Labute approximate surface area is 208 Å². The molecule has 0 radical (unpaired) electrons. The lowest BCUT2D eigenvalue weighted by atomic mass is 9.92. The second kappa shape index (κ2) is 8.71. The first-order valence-corrected chi connectivity index (χ1v) is 13.0. The van der Waals surface area contributed by atoms with Crippen LogP contribution < -0.4 is 9.05 Å². The van der Waals surface area contributed by atoms with E-state index < -0.39 is 13.6 Å². The number of esters is 1. The molecule has 0 N–H and O–H groups in total. The number of ether oxygens (including phenoxy) is 1. The van der Waals surface area contributed by atoms with Crippen LogP contribution in [0, 0.1) is 0 Å². The smallest absolute Gasteiger partial charge is 0.465 e. The number of carbonyl (C=O) groups is 1. The van der Waals surface area contributed by atoms with Crippen LogP contribution in [0.25, 0.3) is 38.7 Å². The molecule has 0 saturated carbocycles. The zero-order valence-electron chi connectivity index (χ0n) is 19.4. The number of fused-ring (bicyclic) bond motifs is 7. The average molecular weight is 492 g/mol. The van der Waals surface area contributed by atoms with E-state index in [2.05, 4.69) is 0 Å². The van der Waals surface area contributed by atoms with Crippen LogP contribution in [-0.2, 0) is 14.1 Å². The highest BCUT2D eigenvalue weighted by Gasteiger charge is 2.43. The van der Waals surface area contributed by atoms with Crippen molar-refractivity contribution < 1.29 is 23.1 Å². The molecule has 0 aromatic heterocycles. The minimum absolute atomic E-state index is 0.184. The lowest BCUT2D eigenvalue weighted by Crippen LogP contribution is -2.12. The van der Waals surface area contributed by atoms with Crippen LogP contribution in [0.1, 0.15) is 5.56 Å². The number of hydrogen-bond donors (Lipinski definition) is 0. The maximum Gasteiger partial charge on any atom is 0.470 e. The predicted molar refractivity (Wildman–Crippen MR) is 142 cm³/mol. The van der Waals surface area contributed by atoms with Crippen molar-refractivity contribution in [3.05, 3.63) is 114 Å². The van der Waals surface area contributed by atoms with Crippen LogP contribution in [-0.4, -0.2) is 13.1 Å². The molecule has 0 unspecified atom stereocenters. The summed E-state index contributed by atoms with van der Waals surface area (Å²) in [5.74, 6) is -0.0428. The summed E-state index contributed by atoms with van der Waals surface area (Å²) >= 11 is 0. The SMILES string of the molecule is COC(=O)/C(=C\c1ccccc1)P1(=O)Oc2ccc3ccccc3c2-c2c(ccc3ccccc23)O1. The summed E-state index contributed by atoms with van der Waals surface area (Å²) in [4.78, 5) is 13.0. The summed E-state index contributed by atoms with van der Waals surface area (Å²) in [5, 5.41) is 3.68. The van der Waals surface area contributed by atoms with Crippen molar-refractivity contribution in [3.63, 3.8) is 0 Å². The molecular formula is C30H21O5P. The van der Waals surface area contributed by atoms with Crippen LogP contribution in [0.15, 0.2) is 108 Å². The Hall–Kier alpha value is -4.34. The fourth-order valence-corrected chi connectivity index (χ4v) is 6.29. The molecule has 5 aromatic carbocycles. The summed E-state index contributed by atoms with van der Waals surface area (Å²) in [5.41, 5.74) is 2.20. The highest BCUT2D eigenvalue weighted by atomic mass is 31.2. The molecule has 0 spiro atoms. The third-order valence-corrected chi connectivity index (χ3v) is 8.04. The fourth-order valence-electron chi connectivity index (χ4n) is 4.61. The highest BCUT2D eigenvalue weighted by Crippen LogP contribution is 2.63. The normalized spacial score (nSPS) is 14.2. The molecule has 176 valence electrons. The fraction of sp³-hybridized carbons (Fsp3) is 0.0333. The van der Waals surface area contributed by atoms with Gasteiger partial charge in [0.15, 0.2) is 5.31 Å². The van der Waals surface area contributed by atoms with Crippen molar-refractivity contribution >= 4 is 41.2 Å². The van der Waals surface area contributed by atoms with Gasteiger partial charge in [0.2, 0.25) is 0 Å². The van der Waals surface area contributed by atoms with Gasteiger partial charge in [-0.3, -0.25) is 0 Å². The molecule has 6 heteroatoms. The largest absolute Gasteiger partial charge is 0.470 e. The molecule has 1 aliphatic rings. The minimum Gasteiger partial charge on any atom is -0.465 e. The molecule has 0 amide bonds. The van der Waals surface area contributed by atoms with Gasteiger partial charge in [0.1, 0.15) is 11.5 Å². The van der Waals surface area contributed by atoms with Crippen molar-refractivity contribution in [1.82, 2.24) is 0 Å². The Kier molecular flexibility index (Phi) is 5.36. The average Bonchev–Trinajstić information content (AvgIpc) is 3.06. The molecule has 1 heterocycles. The molecule has 0 saturated heterocycles. The molecule has 0 atom stereocenters. The molecule has 0 aliphatic carbocycles. The second-order valence-electron chi connectivity index (χ2n) is 8.43. The van der Waals surface area contributed by atoms with E-state index in [9.17, 15) is 9.36 Å². The van der Waals surface area contributed by atoms with Gasteiger partial charge in [-0.25, -0.2) is 9.36 Å². The van der Waals surface area contributed by atoms with E-state index in [1.807, 2.05) is 78.9 Å². The van der Waals surface area contributed by atoms with Gasteiger partial charge in [0, 0.05) is 11.1 Å². The third kappa shape index (κ3) is 3.65. The van der Waals surface area contributed by atoms with E-state index in [0.29, 0.717) is 17.1 Å². The van der Waals surface area contributed by atoms with Gasteiger partial charge in [-0.1, -0.05) is 91.0 Å². The number of carbonyl (C=O) groups excluding carboxylic acids is 1. The molecule has 36 heavy (non-hydrogen) atoms. The molecule has 5 nitrogen and oxygen atoms in total. The van der Waals surface area contributed by atoms with Crippen molar-refractivity contribution in [3.8, 4) is 22.6 Å². The van der Waals surface area contributed by atoms with Crippen molar-refractivity contribution in [2.75, 3.05) is 7.11 Å². The number of rotatable bonds is 3. The van der Waals surface area contributed by atoms with E-state index >= 15 is 0 Å². The third-order valence-electron chi connectivity index (χ3n) is 6.26. The van der Waals surface area contributed by atoms with Crippen LogP contribution >= 0.6 is 7.60 Å². The quantitative estimate of drug-likeness (QED) is 0.146. The van der Waals surface area contributed by atoms with Gasteiger partial charge < -0.3 is 13.8 Å². The molecule has 5 aromatic rings. The zero-order chi connectivity index (χ0) is 24.7. The van der Waals surface area contributed by atoms with E-state index in [0.717, 1.165) is 32.7 Å². The Morgan fingerprint density at radius 2 is 1.19 bits per heavy atom. The van der Waals surface area contributed by atoms with E-state index in [1.54, 1.807) is 24.3 Å². The van der Waals surface area contributed by atoms with Gasteiger partial charge in [-0.05, 0) is 45.3 Å². The zero-order valence-corrected chi connectivity index (χ0v) is 20.3. The number of hydrogen-bond acceptors (Lipinski definition) is 5. The maximum absolute atomic E-state index is 14.5. The molecule has 1 aliphatic heterocycles. The first-order valence-electron chi connectivity index (χ1n) is 11.5. The number of methoxy groups -OCH3 is 1. The topological polar surface area (TPSA) is 61.8 Å². The Morgan fingerprint density at radius 1 is 0.694 bits per heavy atom. The molecule has 6 rings (SSSR count). The Bertz CT molecular complexity index is 1630. The van der Waals surface area contributed by atoms with E-state index in [4.69, 9.17) is 13.8 Å². The molecule has 0 bridgehead atoms. The lowest BCUT2D eigenvalue weighted by molar-refractivity contribution is -0.135. The predicted octanol–water partition coefficient (Wildman–Crippen LogP) is 7.84. The van der Waals surface area contributed by atoms with Crippen molar-refractivity contribution in [1.29, 1.82) is 0 Å². The van der Waals surface area contributed by atoms with Gasteiger partial charge in [-0.2, -0.15) is 0 Å². The first-order chi connectivity index (χ1) is 17.6. The number of benzene rings is 5. The molecular weight excluding hydrogens is 471 g/mol. The van der Waals surface area contributed by atoms with Crippen LogP contribution in [0.4, 0.5) is 0 Å². The van der Waals surface area contributed by atoms with E-state index in [-0.39, 0.29) is 5.31 Å². The van der Waals surface area contributed by atoms with Crippen LogP contribution in [0.5, 0.6) is 11.5 Å². The maximum atomic E-state index is 14.5. The van der Waals surface area contributed by atoms with Crippen molar-refractivity contribution in [2.24, 2.45) is 0 Å². The summed E-state index contributed by atoms with van der Waals surface area (Å²) in [6.07, 6.45) is 1.50. The lowest BCUT2D eigenvalue weighted by Gasteiger charge is -2.19. The van der Waals surface area contributed by atoms with Crippen LogP contribution in [0.3, 0.4) is 0 Å². The summed E-state index contributed by atoms with van der Waals surface area (Å²) in [6.45, 7) is 0. The van der Waals surface area contributed by atoms with Crippen molar-refractivity contribution in [2.45, 2.75) is 0 Å². The second-order valence-corrected chi connectivity index (χ2v) is 10.3.